The van der Waals surface area contributed by atoms with Crippen LogP contribution >= 0.6 is 0 Å². The minimum absolute atomic E-state index is 0.131. The molecule has 1 heterocycles. The molecule has 1 aliphatic heterocycles. The molecule has 0 bridgehead atoms. The van der Waals surface area contributed by atoms with E-state index < -0.39 is 17.4 Å². The Balaban J connectivity index is 1.93. The quantitative estimate of drug-likeness (QED) is 0.920. The number of carbonyl (C=O) groups is 2. The highest BCUT2D eigenvalue weighted by Gasteiger charge is 2.45. The van der Waals surface area contributed by atoms with E-state index in [-0.39, 0.29) is 12.5 Å². The lowest BCUT2D eigenvalue weighted by Crippen LogP contribution is -2.56. The topological polar surface area (TPSA) is 72.6 Å². The van der Waals surface area contributed by atoms with Crippen molar-refractivity contribution in [3.63, 3.8) is 0 Å². The van der Waals surface area contributed by atoms with Gasteiger partial charge in [-0.1, -0.05) is 43.5 Å². The van der Waals surface area contributed by atoms with Crippen molar-refractivity contribution in [3.05, 3.63) is 35.4 Å². The predicted octanol–water partition coefficient (Wildman–Crippen LogP) is 1.91. The Hall–Kier alpha value is -1.88. The van der Waals surface area contributed by atoms with Crippen molar-refractivity contribution >= 4 is 11.8 Å². The van der Waals surface area contributed by atoms with Gasteiger partial charge in [-0.05, 0) is 30.9 Å². The van der Waals surface area contributed by atoms with Crippen molar-refractivity contribution in [2.45, 2.75) is 50.5 Å². The Morgan fingerprint density at radius 2 is 1.92 bits per heavy atom. The van der Waals surface area contributed by atoms with Gasteiger partial charge in [-0.15, -0.1) is 0 Å². The first kappa shape index (κ1) is 17.0. The number of amides is 2. The standard InChI is InChI=1S/C19H26N2O3/c1-14-7-3-4-8-15(14)19(9-5-2-6-10-19)18(23)21-11-12-24-16(13-21)17(20)22/h3-4,7-8,16H,2,5-6,9-13H2,1H3,(H2,20,22)/t16-/m1/s1. The summed E-state index contributed by atoms with van der Waals surface area (Å²) >= 11 is 0. The molecule has 2 amide bonds. The zero-order valence-corrected chi connectivity index (χ0v) is 14.3. The average Bonchev–Trinajstić information content (AvgIpc) is 2.62. The molecule has 24 heavy (non-hydrogen) atoms. The summed E-state index contributed by atoms with van der Waals surface area (Å²) in [6.07, 6.45) is 4.34. The van der Waals surface area contributed by atoms with E-state index in [1.54, 1.807) is 4.90 Å². The maximum Gasteiger partial charge on any atom is 0.248 e. The van der Waals surface area contributed by atoms with Gasteiger partial charge in [0.1, 0.15) is 0 Å². The Morgan fingerprint density at radius 3 is 2.58 bits per heavy atom. The number of nitrogens with zero attached hydrogens (tertiary/aromatic N) is 1. The molecule has 0 radical (unpaired) electrons. The van der Waals surface area contributed by atoms with Crippen LogP contribution in [-0.4, -0.2) is 42.5 Å². The summed E-state index contributed by atoms with van der Waals surface area (Å²) < 4.78 is 5.40. The van der Waals surface area contributed by atoms with Crippen molar-refractivity contribution in [1.82, 2.24) is 4.90 Å². The lowest BCUT2D eigenvalue weighted by molar-refractivity contribution is -0.150. The number of ether oxygens (including phenoxy) is 1. The van der Waals surface area contributed by atoms with Gasteiger partial charge in [0.25, 0.3) is 0 Å². The van der Waals surface area contributed by atoms with E-state index in [1.807, 2.05) is 12.1 Å². The van der Waals surface area contributed by atoms with Crippen LogP contribution in [0.2, 0.25) is 0 Å². The molecule has 1 saturated carbocycles. The number of primary amides is 1. The second kappa shape index (κ2) is 6.93. The Morgan fingerprint density at radius 1 is 1.21 bits per heavy atom. The van der Waals surface area contributed by atoms with Crippen molar-refractivity contribution in [2.75, 3.05) is 19.7 Å². The number of hydrogen-bond donors (Lipinski definition) is 1. The molecule has 130 valence electrons. The zero-order chi connectivity index (χ0) is 17.2. The minimum atomic E-state index is -0.694. The molecule has 2 aliphatic rings. The lowest BCUT2D eigenvalue weighted by Gasteiger charge is -2.43. The molecule has 5 nitrogen and oxygen atoms in total. The van der Waals surface area contributed by atoms with Crippen LogP contribution in [0, 0.1) is 6.92 Å². The first-order valence-corrected chi connectivity index (χ1v) is 8.81. The van der Waals surface area contributed by atoms with E-state index in [0.717, 1.165) is 36.8 Å². The van der Waals surface area contributed by atoms with Gasteiger partial charge in [-0.25, -0.2) is 0 Å². The summed E-state index contributed by atoms with van der Waals surface area (Å²) in [4.78, 5) is 26.8. The molecule has 2 fully saturated rings. The van der Waals surface area contributed by atoms with E-state index >= 15 is 0 Å². The fraction of sp³-hybridized carbons (Fsp3) is 0.579. The van der Waals surface area contributed by atoms with Gasteiger partial charge in [0.05, 0.1) is 18.6 Å². The number of aryl methyl sites for hydroxylation is 1. The van der Waals surface area contributed by atoms with Gasteiger partial charge in [0.2, 0.25) is 11.8 Å². The highest BCUT2D eigenvalue weighted by molar-refractivity contribution is 5.90. The number of nitrogens with two attached hydrogens (primary N) is 1. The Kier molecular flexibility index (Phi) is 4.90. The third-order valence-corrected chi connectivity index (χ3v) is 5.45. The highest BCUT2D eigenvalue weighted by Crippen LogP contribution is 2.42. The summed E-state index contributed by atoms with van der Waals surface area (Å²) in [6.45, 7) is 3.23. The van der Waals surface area contributed by atoms with Crippen LogP contribution in [0.25, 0.3) is 0 Å². The number of hydrogen-bond acceptors (Lipinski definition) is 3. The molecule has 1 aromatic rings. The zero-order valence-electron chi connectivity index (χ0n) is 14.3. The molecular weight excluding hydrogens is 304 g/mol. The second-order valence-electron chi connectivity index (χ2n) is 6.97. The van der Waals surface area contributed by atoms with Crippen molar-refractivity contribution < 1.29 is 14.3 Å². The number of rotatable bonds is 3. The van der Waals surface area contributed by atoms with Crippen LogP contribution < -0.4 is 5.73 Å². The largest absolute Gasteiger partial charge is 0.367 e. The van der Waals surface area contributed by atoms with Crippen molar-refractivity contribution in [2.24, 2.45) is 5.73 Å². The van der Waals surface area contributed by atoms with Crippen molar-refractivity contribution in [3.8, 4) is 0 Å². The van der Waals surface area contributed by atoms with Crippen LogP contribution in [0.15, 0.2) is 24.3 Å². The molecule has 0 aromatic heterocycles. The number of carbonyl (C=O) groups excluding carboxylic acids is 2. The van der Waals surface area contributed by atoms with E-state index in [2.05, 4.69) is 19.1 Å². The molecule has 3 rings (SSSR count). The second-order valence-corrected chi connectivity index (χ2v) is 6.97. The van der Waals surface area contributed by atoms with Crippen LogP contribution in [-0.2, 0) is 19.7 Å². The van der Waals surface area contributed by atoms with Crippen LogP contribution in [0.1, 0.15) is 43.2 Å². The van der Waals surface area contributed by atoms with E-state index in [4.69, 9.17) is 10.5 Å². The summed E-state index contributed by atoms with van der Waals surface area (Å²) in [5.41, 5.74) is 7.20. The SMILES string of the molecule is Cc1ccccc1C1(C(=O)N2CCO[C@@H](C(N)=O)C2)CCCCC1. The monoisotopic (exact) mass is 330 g/mol. The van der Waals surface area contributed by atoms with Crippen LogP contribution in [0.5, 0.6) is 0 Å². The molecule has 5 heteroatoms. The summed E-state index contributed by atoms with van der Waals surface area (Å²) in [5, 5.41) is 0. The highest BCUT2D eigenvalue weighted by atomic mass is 16.5. The van der Waals surface area contributed by atoms with Gasteiger partial charge in [-0.3, -0.25) is 9.59 Å². The van der Waals surface area contributed by atoms with Crippen LogP contribution in [0.4, 0.5) is 0 Å². The van der Waals surface area contributed by atoms with E-state index in [9.17, 15) is 9.59 Å². The lowest BCUT2D eigenvalue weighted by atomic mass is 9.67. The molecule has 0 spiro atoms. The fourth-order valence-electron chi connectivity index (χ4n) is 4.17. The predicted molar refractivity (Wildman–Crippen MR) is 91.5 cm³/mol. The van der Waals surface area contributed by atoms with Crippen molar-refractivity contribution in [1.29, 1.82) is 0 Å². The van der Waals surface area contributed by atoms with Gasteiger partial charge < -0.3 is 15.4 Å². The first-order chi connectivity index (χ1) is 11.5. The summed E-state index contributed by atoms with van der Waals surface area (Å²) in [6, 6.07) is 8.18. The van der Waals surface area contributed by atoms with Gasteiger partial charge >= 0.3 is 0 Å². The molecule has 1 atom stereocenters. The van der Waals surface area contributed by atoms with Gasteiger partial charge in [-0.2, -0.15) is 0 Å². The Labute approximate surface area is 143 Å². The first-order valence-electron chi connectivity index (χ1n) is 8.81. The van der Waals surface area contributed by atoms with Crippen LogP contribution in [0.3, 0.4) is 0 Å². The smallest absolute Gasteiger partial charge is 0.248 e. The van der Waals surface area contributed by atoms with Gasteiger partial charge in [0.15, 0.2) is 6.10 Å². The molecule has 1 saturated heterocycles. The fourth-order valence-corrected chi connectivity index (χ4v) is 4.17. The van der Waals surface area contributed by atoms with E-state index in [0.29, 0.717) is 13.2 Å². The number of benzene rings is 1. The average molecular weight is 330 g/mol. The van der Waals surface area contributed by atoms with Gasteiger partial charge in [0, 0.05) is 6.54 Å². The maximum atomic E-state index is 13.5. The normalized spacial score (nSPS) is 23.7. The summed E-state index contributed by atoms with van der Waals surface area (Å²) in [7, 11) is 0. The minimum Gasteiger partial charge on any atom is -0.367 e. The molecule has 1 aliphatic carbocycles. The molecule has 1 aromatic carbocycles. The number of morpholine rings is 1. The van der Waals surface area contributed by atoms with E-state index in [1.165, 1.54) is 6.42 Å². The summed E-state index contributed by atoms with van der Waals surface area (Å²) in [5.74, 6) is -0.368. The maximum absolute atomic E-state index is 13.5. The third kappa shape index (κ3) is 3.05. The Bertz CT molecular complexity index is 623. The molecule has 0 unspecified atom stereocenters. The molecule has 2 N–H and O–H groups in total. The molecular formula is C19H26N2O3. The third-order valence-electron chi connectivity index (χ3n) is 5.45.